The molecule has 5 heteroatoms. The average Bonchev–Trinajstić information content (AvgIpc) is 2.67. The zero-order valence-electron chi connectivity index (χ0n) is 14.2. The number of carbonyl (C=O) groups is 1. The van der Waals surface area contributed by atoms with E-state index in [1.165, 1.54) is 0 Å². The lowest BCUT2D eigenvalue weighted by Crippen LogP contribution is -2.08. The van der Waals surface area contributed by atoms with Crippen molar-refractivity contribution >= 4 is 45.5 Å². The second-order valence-corrected chi connectivity index (χ2v) is 6.15. The van der Waals surface area contributed by atoms with Crippen LogP contribution in [-0.4, -0.2) is 16.1 Å². The van der Waals surface area contributed by atoms with Crippen molar-refractivity contribution in [1.82, 2.24) is 4.98 Å². The number of nitrogen functional groups attached to an aromatic ring is 1. The number of rotatable bonds is 3. The number of benzene rings is 3. The monoisotopic (exact) mass is 355 g/mol. The summed E-state index contributed by atoms with van der Waals surface area (Å²) in [6, 6.07) is 18.1. The maximum atomic E-state index is 12.6. The Kier molecular flexibility index (Phi) is 3.97. The number of carboxylic acid groups (broad SMARTS) is 1. The van der Waals surface area contributed by atoms with Crippen molar-refractivity contribution in [1.29, 1.82) is 0 Å². The zero-order chi connectivity index (χ0) is 19.0. The van der Waals surface area contributed by atoms with Crippen LogP contribution in [0.15, 0.2) is 60.7 Å². The minimum Gasteiger partial charge on any atom is -0.870 e. The van der Waals surface area contributed by atoms with Gasteiger partial charge in [0.05, 0.1) is 16.8 Å². The Balaban J connectivity index is 1.89. The highest BCUT2D eigenvalue weighted by Crippen LogP contribution is 2.30. The summed E-state index contributed by atoms with van der Waals surface area (Å²) in [5.41, 5.74) is 7.85. The van der Waals surface area contributed by atoms with Gasteiger partial charge < -0.3 is 15.9 Å². The van der Waals surface area contributed by atoms with Crippen molar-refractivity contribution in [3.63, 3.8) is 0 Å². The number of para-hydroxylation sites is 1. The lowest BCUT2D eigenvalue weighted by molar-refractivity contribution is -0.269. The SMILES string of the molecule is Nc1ccc(/C=C/c2nc3ccccc3c(C(=O)O)c2[O-])c2ccccc12. The molecule has 27 heavy (non-hydrogen) atoms. The van der Waals surface area contributed by atoms with Gasteiger partial charge in [0.25, 0.3) is 0 Å². The number of aromatic nitrogens is 1. The molecule has 3 aromatic carbocycles. The Labute approximate surface area is 155 Å². The minimum absolute atomic E-state index is 0.0898. The number of nitrogens with zero attached hydrogens (tertiary/aromatic N) is 1. The molecule has 0 aliphatic rings. The van der Waals surface area contributed by atoms with Crippen LogP contribution in [0.25, 0.3) is 33.8 Å². The molecule has 0 unspecified atom stereocenters. The van der Waals surface area contributed by atoms with Gasteiger partial charge in [-0.25, -0.2) is 9.78 Å². The molecule has 0 amide bonds. The van der Waals surface area contributed by atoms with Crippen LogP contribution in [0.3, 0.4) is 0 Å². The molecule has 0 aliphatic heterocycles. The summed E-state index contributed by atoms with van der Waals surface area (Å²) < 4.78 is 0. The van der Waals surface area contributed by atoms with Crippen LogP contribution in [0.1, 0.15) is 21.6 Å². The van der Waals surface area contributed by atoms with E-state index in [0.717, 1.165) is 16.3 Å². The number of aromatic carboxylic acids is 1. The summed E-state index contributed by atoms with van der Waals surface area (Å²) in [5, 5.41) is 24.3. The van der Waals surface area contributed by atoms with Crippen molar-refractivity contribution in [2.45, 2.75) is 0 Å². The zero-order valence-corrected chi connectivity index (χ0v) is 14.2. The van der Waals surface area contributed by atoms with Crippen LogP contribution >= 0.6 is 0 Å². The highest BCUT2D eigenvalue weighted by molar-refractivity contribution is 6.06. The molecule has 4 rings (SSSR count). The van der Waals surface area contributed by atoms with Crippen molar-refractivity contribution < 1.29 is 15.0 Å². The number of anilines is 1. The number of hydrogen-bond donors (Lipinski definition) is 2. The topological polar surface area (TPSA) is 99.3 Å². The quantitative estimate of drug-likeness (QED) is 0.543. The summed E-state index contributed by atoms with van der Waals surface area (Å²) in [7, 11) is 0. The van der Waals surface area contributed by atoms with Crippen LogP contribution in [0.4, 0.5) is 5.69 Å². The van der Waals surface area contributed by atoms with E-state index in [1.54, 1.807) is 42.5 Å². The summed E-state index contributed by atoms with van der Waals surface area (Å²) >= 11 is 0. The molecule has 132 valence electrons. The molecular weight excluding hydrogens is 340 g/mol. The Morgan fingerprint density at radius 2 is 1.59 bits per heavy atom. The summed E-state index contributed by atoms with van der Waals surface area (Å²) in [6.45, 7) is 0. The first-order chi connectivity index (χ1) is 13.1. The molecule has 3 N–H and O–H groups in total. The van der Waals surface area contributed by atoms with Gasteiger partial charge in [-0.3, -0.25) is 0 Å². The molecule has 5 nitrogen and oxygen atoms in total. The van der Waals surface area contributed by atoms with Crippen LogP contribution in [0.2, 0.25) is 0 Å². The van der Waals surface area contributed by atoms with Crippen LogP contribution in [0, 0.1) is 0 Å². The van der Waals surface area contributed by atoms with E-state index >= 15 is 0 Å². The summed E-state index contributed by atoms with van der Waals surface area (Å²) in [4.78, 5) is 16.0. The largest absolute Gasteiger partial charge is 0.870 e. The molecule has 0 fully saturated rings. The van der Waals surface area contributed by atoms with Gasteiger partial charge >= 0.3 is 5.97 Å². The Bertz CT molecular complexity index is 1230. The van der Waals surface area contributed by atoms with Crippen molar-refractivity contribution in [3.8, 4) is 5.75 Å². The first-order valence-electron chi connectivity index (χ1n) is 8.34. The number of pyridine rings is 1. The molecule has 0 atom stereocenters. The minimum atomic E-state index is -1.26. The highest BCUT2D eigenvalue weighted by Gasteiger charge is 2.13. The first-order valence-corrected chi connectivity index (χ1v) is 8.34. The van der Waals surface area contributed by atoms with Crippen molar-refractivity contribution in [2.75, 3.05) is 5.73 Å². The second-order valence-electron chi connectivity index (χ2n) is 6.15. The fourth-order valence-corrected chi connectivity index (χ4v) is 3.20. The Morgan fingerprint density at radius 1 is 0.926 bits per heavy atom. The number of nitrogens with two attached hydrogens (primary N) is 1. The first kappa shape index (κ1) is 16.6. The van der Waals surface area contributed by atoms with Gasteiger partial charge in [0.2, 0.25) is 0 Å². The van der Waals surface area contributed by atoms with Crippen LogP contribution in [-0.2, 0) is 0 Å². The van der Waals surface area contributed by atoms with Gasteiger partial charge in [-0.1, -0.05) is 60.4 Å². The number of fused-ring (bicyclic) bond motifs is 2. The van der Waals surface area contributed by atoms with E-state index in [0.29, 0.717) is 16.6 Å². The van der Waals surface area contributed by atoms with Gasteiger partial charge in [-0.15, -0.1) is 0 Å². The van der Waals surface area contributed by atoms with E-state index in [-0.39, 0.29) is 11.3 Å². The standard InChI is InChI=1S/C22H16N2O3/c23-17-11-9-13(14-5-1-2-6-15(14)17)10-12-19-21(25)20(22(26)27)16-7-3-4-8-18(16)24-19/h1-12,25H,23H2,(H,26,27)/p-1/b12-10+. The van der Waals surface area contributed by atoms with E-state index < -0.39 is 11.7 Å². The van der Waals surface area contributed by atoms with Gasteiger partial charge in [0.1, 0.15) is 0 Å². The average molecular weight is 355 g/mol. The van der Waals surface area contributed by atoms with Crippen LogP contribution < -0.4 is 10.8 Å². The number of carboxylic acids is 1. The van der Waals surface area contributed by atoms with E-state index in [2.05, 4.69) is 4.98 Å². The molecule has 1 heterocycles. The molecule has 0 spiro atoms. The molecule has 4 aromatic rings. The van der Waals surface area contributed by atoms with Crippen molar-refractivity contribution in [2.24, 2.45) is 0 Å². The molecular formula is C22H15N2O3-. The molecule has 0 aliphatic carbocycles. The van der Waals surface area contributed by atoms with E-state index in [9.17, 15) is 15.0 Å². The molecule has 0 saturated carbocycles. The lowest BCUT2D eigenvalue weighted by Gasteiger charge is -2.16. The fraction of sp³-hybridized carbons (Fsp3) is 0. The predicted octanol–water partition coefficient (Wildman–Crippen LogP) is 3.91. The smallest absolute Gasteiger partial charge is 0.335 e. The predicted molar refractivity (Wildman–Crippen MR) is 105 cm³/mol. The lowest BCUT2D eigenvalue weighted by atomic mass is 10.0. The molecule has 1 aromatic heterocycles. The van der Waals surface area contributed by atoms with Gasteiger partial charge in [-0.2, -0.15) is 0 Å². The second kappa shape index (κ2) is 6.46. The Hall–Kier alpha value is -3.86. The van der Waals surface area contributed by atoms with Crippen molar-refractivity contribution in [3.05, 3.63) is 77.5 Å². The maximum absolute atomic E-state index is 12.6. The summed E-state index contributed by atoms with van der Waals surface area (Å²) in [6.07, 6.45) is 3.31. The Morgan fingerprint density at radius 3 is 2.33 bits per heavy atom. The molecule has 0 bridgehead atoms. The maximum Gasteiger partial charge on any atom is 0.335 e. The third kappa shape index (κ3) is 2.85. The highest BCUT2D eigenvalue weighted by atomic mass is 16.4. The normalized spacial score (nSPS) is 11.4. The van der Waals surface area contributed by atoms with E-state index in [4.69, 9.17) is 5.73 Å². The van der Waals surface area contributed by atoms with Gasteiger partial charge in [0.15, 0.2) is 0 Å². The van der Waals surface area contributed by atoms with Gasteiger partial charge in [0, 0.05) is 16.5 Å². The van der Waals surface area contributed by atoms with Crippen LogP contribution in [0.5, 0.6) is 5.75 Å². The molecule has 0 saturated heterocycles. The fourth-order valence-electron chi connectivity index (χ4n) is 3.20. The summed E-state index contributed by atoms with van der Waals surface area (Å²) in [5.74, 6) is -1.86. The number of hydrogen-bond acceptors (Lipinski definition) is 4. The molecule has 0 radical (unpaired) electrons. The third-order valence-electron chi connectivity index (χ3n) is 4.50. The van der Waals surface area contributed by atoms with Gasteiger partial charge in [-0.05, 0) is 29.2 Å². The van der Waals surface area contributed by atoms with E-state index in [1.807, 2.05) is 30.3 Å². The third-order valence-corrected chi connectivity index (χ3v) is 4.50.